The normalized spacial score (nSPS) is 17.5. The van der Waals surface area contributed by atoms with Crippen LogP contribution in [0.3, 0.4) is 0 Å². The molecule has 0 aliphatic carbocycles. The summed E-state index contributed by atoms with van der Waals surface area (Å²) in [6, 6.07) is 16.8. The Bertz CT molecular complexity index is 1500. The molecular formula is C28H27N5O3S. The van der Waals surface area contributed by atoms with Gasteiger partial charge in [0.25, 0.3) is 5.91 Å². The standard InChI is InChI=1S/C28H27N5O3S/c1-17-15-20(36-19-8-4-3-5-9-19)10-11-21(17)33-22-12-13-29-27-23(22)24(31-28(33)35)25(37-27)26(34)30-18-7-6-14-32(2)16-18/h3-5,8-13,15,18H,6-7,14,16H2,1-2H3,(H,30,34)(H,31,35). The number of hydrogen-bond acceptors (Lipinski definition) is 6. The van der Waals surface area contributed by atoms with Crippen molar-refractivity contribution < 1.29 is 14.3 Å². The molecule has 188 valence electrons. The van der Waals surface area contributed by atoms with Crippen LogP contribution >= 0.6 is 11.3 Å². The van der Waals surface area contributed by atoms with E-state index in [1.807, 2.05) is 61.5 Å². The zero-order chi connectivity index (χ0) is 25.5. The van der Waals surface area contributed by atoms with Crippen LogP contribution < -0.4 is 20.3 Å². The minimum Gasteiger partial charge on any atom is -0.457 e. The van der Waals surface area contributed by atoms with Crippen LogP contribution in [-0.4, -0.2) is 48.0 Å². The molecule has 4 heterocycles. The van der Waals surface area contributed by atoms with Gasteiger partial charge in [0.15, 0.2) is 0 Å². The average molecular weight is 514 g/mol. The lowest BCUT2D eigenvalue weighted by molar-refractivity contribution is 0.0917. The van der Waals surface area contributed by atoms with E-state index in [0.717, 1.165) is 48.3 Å². The number of pyridine rings is 1. The van der Waals surface area contributed by atoms with Gasteiger partial charge < -0.3 is 20.3 Å². The van der Waals surface area contributed by atoms with Gasteiger partial charge >= 0.3 is 6.03 Å². The first-order valence-electron chi connectivity index (χ1n) is 12.3. The monoisotopic (exact) mass is 513 g/mol. The molecule has 4 aromatic rings. The van der Waals surface area contributed by atoms with Crippen molar-refractivity contribution in [1.29, 1.82) is 0 Å². The number of carbonyl (C=O) groups is 2. The van der Waals surface area contributed by atoms with E-state index in [4.69, 9.17) is 4.74 Å². The molecule has 8 nitrogen and oxygen atoms in total. The van der Waals surface area contributed by atoms with Crippen LogP contribution in [0, 0.1) is 6.92 Å². The van der Waals surface area contributed by atoms with Crippen LogP contribution in [0.25, 0.3) is 10.2 Å². The maximum absolute atomic E-state index is 13.5. The minimum absolute atomic E-state index is 0.0890. The summed E-state index contributed by atoms with van der Waals surface area (Å²) in [4.78, 5) is 36.3. The third-order valence-corrected chi connectivity index (χ3v) is 7.90. The van der Waals surface area contributed by atoms with Gasteiger partial charge in [-0.3, -0.25) is 9.69 Å². The minimum atomic E-state index is -0.315. The van der Waals surface area contributed by atoms with Crippen molar-refractivity contribution in [3.8, 4) is 11.5 Å². The van der Waals surface area contributed by atoms with E-state index in [1.165, 1.54) is 11.3 Å². The second kappa shape index (κ2) is 9.49. The number of thiophene rings is 1. The van der Waals surface area contributed by atoms with Crippen molar-refractivity contribution >= 4 is 50.6 Å². The molecular weight excluding hydrogens is 486 g/mol. The molecule has 2 aromatic carbocycles. The molecule has 2 N–H and O–H groups in total. The number of anilines is 3. The highest BCUT2D eigenvalue weighted by molar-refractivity contribution is 7.21. The molecule has 2 aromatic heterocycles. The van der Waals surface area contributed by atoms with Crippen LogP contribution in [0.4, 0.5) is 21.9 Å². The van der Waals surface area contributed by atoms with Crippen LogP contribution in [0.1, 0.15) is 28.1 Å². The van der Waals surface area contributed by atoms with E-state index in [-0.39, 0.29) is 18.0 Å². The fourth-order valence-electron chi connectivity index (χ4n) is 5.09. The van der Waals surface area contributed by atoms with E-state index in [1.54, 1.807) is 11.1 Å². The zero-order valence-corrected chi connectivity index (χ0v) is 21.5. The van der Waals surface area contributed by atoms with Gasteiger partial charge in [0, 0.05) is 18.8 Å². The topological polar surface area (TPSA) is 86.8 Å². The second-order valence-corrected chi connectivity index (χ2v) is 10.5. The van der Waals surface area contributed by atoms with Gasteiger partial charge in [-0.2, -0.15) is 0 Å². The number of benzene rings is 2. The summed E-state index contributed by atoms with van der Waals surface area (Å²) >= 11 is 1.31. The van der Waals surface area contributed by atoms with Gasteiger partial charge in [-0.1, -0.05) is 18.2 Å². The Morgan fingerprint density at radius 1 is 1.14 bits per heavy atom. The lowest BCUT2D eigenvalue weighted by atomic mass is 10.1. The van der Waals surface area contributed by atoms with Gasteiger partial charge in [-0.05, 0) is 75.3 Å². The first-order valence-corrected chi connectivity index (χ1v) is 13.1. The van der Waals surface area contributed by atoms with Gasteiger partial charge in [0.2, 0.25) is 0 Å². The van der Waals surface area contributed by atoms with Crippen molar-refractivity contribution in [1.82, 2.24) is 15.2 Å². The molecule has 3 amide bonds. The predicted molar refractivity (Wildman–Crippen MR) is 146 cm³/mol. The molecule has 1 saturated heterocycles. The average Bonchev–Trinajstić information content (AvgIpc) is 3.25. The van der Waals surface area contributed by atoms with E-state index >= 15 is 0 Å². The maximum atomic E-state index is 13.5. The van der Waals surface area contributed by atoms with E-state index in [0.29, 0.717) is 26.8 Å². The van der Waals surface area contributed by atoms with E-state index < -0.39 is 0 Å². The number of nitrogens with zero attached hydrogens (tertiary/aromatic N) is 3. The van der Waals surface area contributed by atoms with Crippen molar-refractivity contribution in [3.63, 3.8) is 0 Å². The first-order chi connectivity index (χ1) is 18.0. The highest BCUT2D eigenvalue weighted by Gasteiger charge is 2.34. The number of para-hydroxylation sites is 1. The fraction of sp³-hybridized carbons (Fsp3) is 0.250. The molecule has 0 bridgehead atoms. The van der Waals surface area contributed by atoms with Gasteiger partial charge in [-0.15, -0.1) is 11.3 Å². The predicted octanol–water partition coefficient (Wildman–Crippen LogP) is 5.90. The number of likely N-dealkylation sites (tertiary alicyclic amines) is 1. The van der Waals surface area contributed by atoms with Crippen LogP contribution in [0.5, 0.6) is 11.5 Å². The van der Waals surface area contributed by atoms with Gasteiger partial charge in [0.1, 0.15) is 21.2 Å². The number of carbonyl (C=O) groups excluding carboxylic acids is 2. The SMILES string of the molecule is Cc1cc(Oc2ccccc2)ccc1N1C(=O)Nc2c(C(=O)NC3CCCN(C)C3)sc3nccc1c23. The maximum Gasteiger partial charge on any atom is 0.331 e. The summed E-state index contributed by atoms with van der Waals surface area (Å²) in [5, 5.41) is 6.93. The van der Waals surface area contributed by atoms with Crippen LogP contribution in [-0.2, 0) is 0 Å². The highest BCUT2D eigenvalue weighted by atomic mass is 32.1. The number of ether oxygens (including phenoxy) is 1. The lowest BCUT2D eigenvalue weighted by Gasteiger charge is -2.31. The summed E-state index contributed by atoms with van der Waals surface area (Å²) in [5.74, 6) is 1.26. The van der Waals surface area contributed by atoms with Crippen molar-refractivity contribution in [2.45, 2.75) is 25.8 Å². The van der Waals surface area contributed by atoms with E-state index in [2.05, 4.69) is 27.6 Å². The highest BCUT2D eigenvalue weighted by Crippen LogP contribution is 2.46. The van der Waals surface area contributed by atoms with Crippen LogP contribution in [0.15, 0.2) is 60.8 Å². The zero-order valence-electron chi connectivity index (χ0n) is 20.7. The molecule has 0 spiro atoms. The van der Waals surface area contributed by atoms with Crippen molar-refractivity contribution in [2.24, 2.45) is 0 Å². The molecule has 37 heavy (non-hydrogen) atoms. The molecule has 2 aliphatic heterocycles. The Labute approximate surface area is 218 Å². The summed E-state index contributed by atoms with van der Waals surface area (Å²) in [5.41, 5.74) is 2.86. The third kappa shape index (κ3) is 4.41. The molecule has 0 saturated carbocycles. The number of aryl methyl sites for hydroxylation is 1. The number of urea groups is 1. The number of amides is 3. The Morgan fingerprint density at radius 2 is 1.97 bits per heavy atom. The smallest absolute Gasteiger partial charge is 0.331 e. The molecule has 1 unspecified atom stereocenters. The number of hydrogen-bond donors (Lipinski definition) is 2. The largest absolute Gasteiger partial charge is 0.457 e. The van der Waals surface area contributed by atoms with E-state index in [9.17, 15) is 9.59 Å². The Balaban J connectivity index is 1.33. The van der Waals surface area contributed by atoms with Crippen molar-refractivity contribution in [3.05, 3.63) is 71.2 Å². The number of likely N-dealkylation sites (N-methyl/N-ethyl adjacent to an activating group) is 1. The Hall–Kier alpha value is -3.95. The molecule has 6 rings (SSSR count). The summed E-state index contributed by atoms with van der Waals surface area (Å²) < 4.78 is 5.97. The summed E-state index contributed by atoms with van der Waals surface area (Å²) in [6.07, 6.45) is 3.68. The molecule has 1 atom stereocenters. The number of aromatic nitrogens is 1. The van der Waals surface area contributed by atoms with Crippen molar-refractivity contribution in [2.75, 3.05) is 30.4 Å². The Morgan fingerprint density at radius 3 is 2.76 bits per heavy atom. The number of rotatable bonds is 5. The molecule has 1 fully saturated rings. The molecule has 2 aliphatic rings. The second-order valence-electron chi connectivity index (χ2n) is 9.52. The Kier molecular flexibility index (Phi) is 6.02. The van der Waals surface area contributed by atoms with Gasteiger partial charge in [0.05, 0.1) is 22.4 Å². The fourth-order valence-corrected chi connectivity index (χ4v) is 6.11. The molecule has 0 radical (unpaired) electrons. The molecule has 9 heteroatoms. The summed E-state index contributed by atoms with van der Waals surface area (Å²) in [7, 11) is 2.06. The quantitative estimate of drug-likeness (QED) is 0.347. The van der Waals surface area contributed by atoms with Gasteiger partial charge in [-0.25, -0.2) is 9.78 Å². The number of nitrogens with one attached hydrogen (secondary N) is 2. The number of piperidine rings is 1. The van der Waals surface area contributed by atoms with Crippen LogP contribution in [0.2, 0.25) is 0 Å². The first kappa shape index (κ1) is 23.4. The summed E-state index contributed by atoms with van der Waals surface area (Å²) in [6.45, 7) is 3.80. The lowest BCUT2D eigenvalue weighted by Crippen LogP contribution is -2.46. The third-order valence-electron chi connectivity index (χ3n) is 6.80.